The molecule has 2 amide bonds. The molecule has 2 heterocycles. The number of thiophene rings is 1. The molecule has 184 valence electrons. The zero-order valence-corrected chi connectivity index (χ0v) is 20.9. The van der Waals surface area contributed by atoms with Gasteiger partial charge < -0.3 is 15.8 Å². The molecule has 0 radical (unpaired) electrons. The third-order valence-corrected chi connectivity index (χ3v) is 7.77. The number of primary amides is 1. The van der Waals surface area contributed by atoms with Crippen molar-refractivity contribution in [3.8, 4) is 16.2 Å². The molecule has 0 unspecified atom stereocenters. The first kappa shape index (κ1) is 24.0. The summed E-state index contributed by atoms with van der Waals surface area (Å²) in [7, 11) is 0. The Hall–Kier alpha value is -3.68. The van der Waals surface area contributed by atoms with Crippen LogP contribution in [-0.4, -0.2) is 43.0 Å². The van der Waals surface area contributed by atoms with Crippen LogP contribution < -0.4 is 15.8 Å². The molecular weight excluding hydrogens is 470 g/mol. The van der Waals surface area contributed by atoms with Crippen molar-refractivity contribution in [2.45, 2.75) is 19.3 Å². The van der Waals surface area contributed by atoms with E-state index in [0.717, 1.165) is 24.3 Å². The Bertz CT molecular complexity index is 1360. The van der Waals surface area contributed by atoms with E-state index in [1.54, 1.807) is 23.5 Å². The van der Waals surface area contributed by atoms with E-state index in [1.165, 1.54) is 52.0 Å². The van der Waals surface area contributed by atoms with E-state index in [2.05, 4.69) is 58.7 Å². The van der Waals surface area contributed by atoms with Gasteiger partial charge in [-0.2, -0.15) is 0 Å². The molecule has 4 aromatic rings. The first-order valence-corrected chi connectivity index (χ1v) is 13.0. The molecule has 1 aliphatic rings. The number of carbonyl (C=O) groups excluding carboxylic acids is 2. The summed E-state index contributed by atoms with van der Waals surface area (Å²) < 4.78 is 7.21. The lowest BCUT2D eigenvalue weighted by atomic mass is 9.99. The minimum Gasteiger partial charge on any atom is -0.492 e. The zero-order chi connectivity index (χ0) is 24.9. The van der Waals surface area contributed by atoms with Crippen LogP contribution in [0.15, 0.2) is 72.8 Å². The van der Waals surface area contributed by atoms with Gasteiger partial charge in [0.2, 0.25) is 0 Å². The molecule has 6 nitrogen and oxygen atoms in total. The topological polar surface area (TPSA) is 84.7 Å². The summed E-state index contributed by atoms with van der Waals surface area (Å²) in [4.78, 5) is 26.3. The Labute approximate surface area is 214 Å². The fraction of sp³-hybridized carbons (Fsp3) is 0.241. The summed E-state index contributed by atoms with van der Waals surface area (Å²) in [6.45, 7) is 4.07. The number of hydrogen-bond donors (Lipinski definition) is 2. The normalized spacial score (nSPS) is 13.7. The van der Waals surface area contributed by atoms with E-state index in [0.29, 0.717) is 12.3 Å². The van der Waals surface area contributed by atoms with Crippen LogP contribution in [0.3, 0.4) is 0 Å². The van der Waals surface area contributed by atoms with Crippen molar-refractivity contribution in [2.24, 2.45) is 5.73 Å². The van der Waals surface area contributed by atoms with E-state index in [-0.39, 0.29) is 0 Å². The number of rotatable bonds is 8. The number of ether oxygens (including phenoxy) is 1. The number of likely N-dealkylation sites (tertiary alicyclic amines) is 1. The summed E-state index contributed by atoms with van der Waals surface area (Å²) in [6.07, 6.45) is 3.39. The molecule has 7 heteroatoms. The predicted molar refractivity (Wildman–Crippen MR) is 146 cm³/mol. The SMILES string of the molecule is NC(=O)C(=O)Nc1ccc(-c2sc3ccccc3c2Cc2ccc(OCCN3CCCC3)cc2)cc1. The predicted octanol–water partition coefficient (Wildman–Crippen LogP) is 5.06. The number of anilines is 1. The van der Waals surface area contributed by atoms with Crippen LogP contribution in [0.1, 0.15) is 24.0 Å². The molecular formula is C29H29N3O3S. The third-order valence-electron chi connectivity index (χ3n) is 6.51. The molecule has 0 atom stereocenters. The van der Waals surface area contributed by atoms with Crippen LogP contribution in [0, 0.1) is 0 Å². The van der Waals surface area contributed by atoms with Crippen molar-refractivity contribution >= 4 is 38.9 Å². The van der Waals surface area contributed by atoms with Gasteiger partial charge in [0.15, 0.2) is 0 Å². The minimum absolute atomic E-state index is 0.533. The first-order valence-electron chi connectivity index (χ1n) is 12.2. The van der Waals surface area contributed by atoms with Gasteiger partial charge in [-0.05, 0) is 84.8 Å². The van der Waals surface area contributed by atoms with Crippen molar-refractivity contribution in [1.82, 2.24) is 4.90 Å². The highest BCUT2D eigenvalue weighted by molar-refractivity contribution is 7.22. The summed E-state index contributed by atoms with van der Waals surface area (Å²) >= 11 is 1.76. The molecule has 36 heavy (non-hydrogen) atoms. The lowest BCUT2D eigenvalue weighted by Crippen LogP contribution is -2.29. The Balaban J connectivity index is 1.33. The fourth-order valence-electron chi connectivity index (χ4n) is 4.61. The maximum absolute atomic E-state index is 11.6. The monoisotopic (exact) mass is 499 g/mol. The quantitative estimate of drug-likeness (QED) is 0.332. The molecule has 3 N–H and O–H groups in total. The second-order valence-electron chi connectivity index (χ2n) is 9.02. The van der Waals surface area contributed by atoms with Crippen molar-refractivity contribution < 1.29 is 14.3 Å². The third kappa shape index (κ3) is 5.58. The summed E-state index contributed by atoms with van der Waals surface area (Å²) in [6, 6.07) is 24.3. The van der Waals surface area contributed by atoms with Gasteiger partial charge in [0, 0.05) is 21.8 Å². The molecule has 1 aromatic heterocycles. The highest BCUT2D eigenvalue weighted by Crippen LogP contribution is 2.40. The molecule has 3 aromatic carbocycles. The van der Waals surface area contributed by atoms with Crippen LogP contribution in [0.25, 0.3) is 20.5 Å². The number of amides is 2. The molecule has 1 saturated heterocycles. The van der Waals surface area contributed by atoms with Crippen molar-refractivity contribution in [1.29, 1.82) is 0 Å². The molecule has 0 spiro atoms. The summed E-state index contributed by atoms with van der Waals surface area (Å²) in [5.74, 6) is -0.926. The zero-order valence-electron chi connectivity index (χ0n) is 20.0. The van der Waals surface area contributed by atoms with Gasteiger partial charge in [0.25, 0.3) is 0 Å². The number of benzene rings is 3. The average Bonchev–Trinajstić information content (AvgIpc) is 3.54. The standard InChI is InChI=1S/C29H29N3O3S/c30-28(33)29(34)31-22-11-9-21(10-12-22)27-25(24-5-1-2-6-26(24)36-27)19-20-7-13-23(14-8-20)35-18-17-32-15-3-4-16-32/h1-2,5-14H,3-4,15-19H2,(H2,30,33)(H,31,34). The number of nitrogens with one attached hydrogen (secondary N) is 1. The molecule has 1 aliphatic heterocycles. The van der Waals surface area contributed by atoms with Crippen molar-refractivity contribution in [2.75, 3.05) is 31.6 Å². The van der Waals surface area contributed by atoms with Gasteiger partial charge in [0.05, 0.1) is 0 Å². The maximum Gasteiger partial charge on any atom is 0.313 e. The maximum atomic E-state index is 11.6. The van der Waals surface area contributed by atoms with E-state index in [4.69, 9.17) is 10.5 Å². The second kappa shape index (κ2) is 10.9. The molecule has 0 bridgehead atoms. The van der Waals surface area contributed by atoms with Gasteiger partial charge in [0.1, 0.15) is 12.4 Å². The van der Waals surface area contributed by atoms with E-state index in [9.17, 15) is 9.59 Å². The molecule has 0 saturated carbocycles. The summed E-state index contributed by atoms with van der Waals surface area (Å²) in [5, 5.41) is 3.76. The summed E-state index contributed by atoms with van der Waals surface area (Å²) in [5.41, 5.74) is 9.12. The van der Waals surface area contributed by atoms with E-state index < -0.39 is 11.8 Å². The Kier molecular flexibility index (Phi) is 7.30. The Morgan fingerprint density at radius 2 is 1.67 bits per heavy atom. The second-order valence-corrected chi connectivity index (χ2v) is 10.1. The van der Waals surface area contributed by atoms with Crippen LogP contribution in [0.2, 0.25) is 0 Å². The van der Waals surface area contributed by atoms with Crippen LogP contribution in [0.5, 0.6) is 5.75 Å². The number of nitrogens with two attached hydrogens (primary N) is 1. The average molecular weight is 500 g/mol. The van der Waals surface area contributed by atoms with E-state index in [1.807, 2.05) is 12.1 Å². The van der Waals surface area contributed by atoms with Gasteiger partial charge in [-0.15, -0.1) is 11.3 Å². The Morgan fingerprint density at radius 3 is 2.39 bits per heavy atom. The number of hydrogen-bond acceptors (Lipinski definition) is 5. The molecule has 1 fully saturated rings. The first-order chi connectivity index (χ1) is 17.6. The van der Waals surface area contributed by atoms with Crippen LogP contribution >= 0.6 is 11.3 Å². The highest BCUT2D eigenvalue weighted by Gasteiger charge is 2.16. The highest BCUT2D eigenvalue weighted by atomic mass is 32.1. The van der Waals surface area contributed by atoms with Crippen LogP contribution in [0.4, 0.5) is 5.69 Å². The smallest absolute Gasteiger partial charge is 0.313 e. The fourth-order valence-corrected chi connectivity index (χ4v) is 5.84. The largest absolute Gasteiger partial charge is 0.492 e. The lowest BCUT2D eigenvalue weighted by Gasteiger charge is -2.15. The van der Waals surface area contributed by atoms with Gasteiger partial charge >= 0.3 is 11.8 Å². The Morgan fingerprint density at radius 1 is 0.944 bits per heavy atom. The van der Waals surface area contributed by atoms with Gasteiger partial charge in [-0.1, -0.05) is 42.5 Å². The van der Waals surface area contributed by atoms with Gasteiger partial charge in [-0.3, -0.25) is 14.5 Å². The lowest BCUT2D eigenvalue weighted by molar-refractivity contribution is -0.134. The van der Waals surface area contributed by atoms with Crippen molar-refractivity contribution in [3.05, 3.63) is 83.9 Å². The number of carbonyl (C=O) groups is 2. The van der Waals surface area contributed by atoms with Gasteiger partial charge in [-0.25, -0.2) is 0 Å². The number of nitrogens with zero attached hydrogens (tertiary/aromatic N) is 1. The number of fused-ring (bicyclic) bond motifs is 1. The minimum atomic E-state index is -1.01. The van der Waals surface area contributed by atoms with E-state index >= 15 is 0 Å². The molecule has 5 rings (SSSR count). The molecule has 0 aliphatic carbocycles. The van der Waals surface area contributed by atoms with Crippen molar-refractivity contribution in [3.63, 3.8) is 0 Å². The van der Waals surface area contributed by atoms with Crippen LogP contribution in [-0.2, 0) is 16.0 Å².